The van der Waals surface area contributed by atoms with Gasteiger partial charge in [0.25, 0.3) is 0 Å². The molecular weight excluding hydrogens is 346 g/mol. The predicted molar refractivity (Wildman–Crippen MR) is 103 cm³/mol. The summed E-state index contributed by atoms with van der Waals surface area (Å²) in [5, 5.41) is 11.2. The Morgan fingerprint density at radius 3 is 2.81 bits per heavy atom. The number of piperidine rings is 1. The molecule has 0 saturated carbocycles. The molecule has 1 aliphatic heterocycles. The quantitative estimate of drug-likeness (QED) is 0.727. The third-order valence-electron chi connectivity index (χ3n) is 4.58. The molecule has 0 unspecified atom stereocenters. The summed E-state index contributed by atoms with van der Waals surface area (Å²) in [6, 6.07) is 9.73. The fourth-order valence-corrected chi connectivity index (χ4v) is 4.18. The number of hydrogen-bond acceptors (Lipinski definition) is 5. The van der Waals surface area contributed by atoms with Crippen LogP contribution in [0.1, 0.15) is 29.2 Å². The zero-order chi connectivity index (χ0) is 17.8. The van der Waals surface area contributed by atoms with Crippen LogP contribution in [0.3, 0.4) is 0 Å². The maximum atomic E-state index is 12.3. The van der Waals surface area contributed by atoms with E-state index >= 15 is 0 Å². The smallest absolute Gasteiger partial charge is 0.230 e. The fourth-order valence-electron chi connectivity index (χ4n) is 3.18. The average Bonchev–Trinajstić information content (AvgIpc) is 3.35. The lowest BCUT2D eigenvalue weighted by atomic mass is 9.97. The highest BCUT2D eigenvalue weighted by Crippen LogP contribution is 2.31. The maximum absolute atomic E-state index is 12.3. The van der Waals surface area contributed by atoms with Crippen LogP contribution in [-0.2, 0) is 11.2 Å². The van der Waals surface area contributed by atoms with E-state index in [9.17, 15) is 4.79 Å². The number of nitrogens with zero attached hydrogens (tertiary/aromatic N) is 3. The van der Waals surface area contributed by atoms with Crippen molar-refractivity contribution in [2.45, 2.75) is 25.2 Å². The Hall–Kier alpha value is -2.51. The number of anilines is 1. The predicted octanol–water partition coefficient (Wildman–Crippen LogP) is 2.98. The van der Waals surface area contributed by atoms with E-state index in [2.05, 4.69) is 20.7 Å². The molecule has 0 aliphatic carbocycles. The Labute approximate surface area is 156 Å². The number of hydrogen-bond donors (Lipinski definition) is 2. The van der Waals surface area contributed by atoms with Crippen LogP contribution < -0.4 is 10.6 Å². The van der Waals surface area contributed by atoms with E-state index in [4.69, 9.17) is 0 Å². The van der Waals surface area contributed by atoms with E-state index in [-0.39, 0.29) is 5.91 Å². The van der Waals surface area contributed by atoms with Crippen molar-refractivity contribution in [3.8, 4) is 5.69 Å². The number of aromatic nitrogens is 3. The highest BCUT2D eigenvalue weighted by molar-refractivity contribution is 7.15. The highest BCUT2D eigenvalue weighted by atomic mass is 32.1. The van der Waals surface area contributed by atoms with Crippen molar-refractivity contribution < 1.29 is 4.79 Å². The van der Waals surface area contributed by atoms with E-state index in [1.807, 2.05) is 42.7 Å². The van der Waals surface area contributed by atoms with Gasteiger partial charge in [-0.15, -0.1) is 11.3 Å². The average molecular weight is 367 g/mol. The molecule has 0 atom stereocenters. The zero-order valence-corrected chi connectivity index (χ0v) is 15.2. The van der Waals surface area contributed by atoms with Gasteiger partial charge in [-0.05, 0) is 55.6 Å². The molecule has 7 heteroatoms. The molecule has 3 aromatic rings. The summed E-state index contributed by atoms with van der Waals surface area (Å²) in [5.74, 6) is 0.525. The van der Waals surface area contributed by atoms with Crippen molar-refractivity contribution in [1.29, 1.82) is 0 Å². The van der Waals surface area contributed by atoms with Gasteiger partial charge in [-0.3, -0.25) is 4.79 Å². The van der Waals surface area contributed by atoms with Crippen molar-refractivity contribution in [2.75, 3.05) is 18.4 Å². The summed E-state index contributed by atoms with van der Waals surface area (Å²) in [6.07, 6.45) is 8.16. The van der Waals surface area contributed by atoms with Gasteiger partial charge >= 0.3 is 0 Å². The number of rotatable bonds is 5. The van der Waals surface area contributed by atoms with Crippen molar-refractivity contribution in [1.82, 2.24) is 20.1 Å². The fraction of sp³-hybridized carbons (Fsp3) is 0.316. The van der Waals surface area contributed by atoms with Crippen LogP contribution in [0, 0.1) is 0 Å². The Morgan fingerprint density at radius 1 is 1.27 bits per heavy atom. The molecule has 2 N–H and O–H groups in total. The first kappa shape index (κ1) is 16.9. The molecule has 3 heterocycles. The lowest BCUT2D eigenvalue weighted by Crippen LogP contribution is -2.26. The summed E-state index contributed by atoms with van der Waals surface area (Å²) in [5.41, 5.74) is 1.94. The molecule has 26 heavy (non-hydrogen) atoms. The molecule has 2 aromatic heterocycles. The Bertz CT molecular complexity index is 850. The Balaban J connectivity index is 1.34. The lowest BCUT2D eigenvalue weighted by Gasteiger charge is -2.20. The molecule has 1 aromatic carbocycles. The minimum atomic E-state index is -0.0388. The summed E-state index contributed by atoms with van der Waals surface area (Å²) in [6.45, 7) is 2.11. The normalized spacial score (nSPS) is 15.1. The molecule has 0 radical (unpaired) electrons. The zero-order valence-electron chi connectivity index (χ0n) is 14.4. The summed E-state index contributed by atoms with van der Waals surface area (Å²) in [7, 11) is 0. The SMILES string of the molecule is O=C(Cc1ccc(-n2cccn2)cc1)Nc1ncc(C2CCNCC2)s1. The van der Waals surface area contributed by atoms with Gasteiger partial charge in [0.15, 0.2) is 5.13 Å². The Morgan fingerprint density at radius 2 is 2.08 bits per heavy atom. The molecule has 4 rings (SSSR count). The number of carbonyl (C=O) groups is 1. The van der Waals surface area contributed by atoms with Gasteiger partial charge in [0.2, 0.25) is 5.91 Å². The van der Waals surface area contributed by atoms with Crippen LogP contribution in [-0.4, -0.2) is 33.8 Å². The number of nitrogens with one attached hydrogen (secondary N) is 2. The number of amides is 1. The van der Waals surface area contributed by atoms with Gasteiger partial charge in [0, 0.05) is 23.5 Å². The number of benzene rings is 1. The van der Waals surface area contributed by atoms with E-state index in [0.717, 1.165) is 37.2 Å². The first-order valence-electron chi connectivity index (χ1n) is 8.83. The van der Waals surface area contributed by atoms with E-state index in [1.54, 1.807) is 22.2 Å². The number of thiazole rings is 1. The maximum Gasteiger partial charge on any atom is 0.230 e. The second-order valence-electron chi connectivity index (χ2n) is 6.43. The highest BCUT2D eigenvalue weighted by Gasteiger charge is 2.18. The number of carbonyl (C=O) groups excluding carboxylic acids is 1. The van der Waals surface area contributed by atoms with Crippen LogP contribution in [0.15, 0.2) is 48.9 Å². The standard InChI is InChI=1S/C19H21N5OS/c25-18(12-14-2-4-16(5-3-14)24-11-1-8-22-24)23-19-21-13-17(26-19)15-6-9-20-10-7-15/h1-5,8,11,13,15,20H,6-7,9-10,12H2,(H,21,23,25). The largest absolute Gasteiger partial charge is 0.317 e. The first-order chi connectivity index (χ1) is 12.8. The van der Waals surface area contributed by atoms with E-state index in [1.165, 1.54) is 4.88 Å². The minimum absolute atomic E-state index is 0.0388. The lowest BCUT2D eigenvalue weighted by molar-refractivity contribution is -0.115. The van der Waals surface area contributed by atoms with Crippen LogP contribution in [0.4, 0.5) is 5.13 Å². The van der Waals surface area contributed by atoms with Crippen LogP contribution in [0.25, 0.3) is 5.69 Å². The van der Waals surface area contributed by atoms with Crippen molar-refractivity contribution >= 4 is 22.4 Å². The van der Waals surface area contributed by atoms with Crippen LogP contribution >= 0.6 is 11.3 Å². The van der Waals surface area contributed by atoms with E-state index in [0.29, 0.717) is 17.5 Å². The molecule has 1 aliphatic rings. The molecule has 1 amide bonds. The molecule has 0 bridgehead atoms. The van der Waals surface area contributed by atoms with Gasteiger partial charge in [-0.1, -0.05) is 12.1 Å². The van der Waals surface area contributed by atoms with Gasteiger partial charge in [0.1, 0.15) is 0 Å². The van der Waals surface area contributed by atoms with Gasteiger partial charge in [-0.25, -0.2) is 9.67 Å². The molecule has 1 fully saturated rings. The second kappa shape index (κ2) is 7.80. The van der Waals surface area contributed by atoms with Crippen LogP contribution in [0.5, 0.6) is 0 Å². The van der Waals surface area contributed by atoms with Gasteiger partial charge in [-0.2, -0.15) is 5.10 Å². The minimum Gasteiger partial charge on any atom is -0.317 e. The molecule has 134 valence electrons. The summed E-state index contributed by atoms with van der Waals surface area (Å²) >= 11 is 1.60. The molecule has 6 nitrogen and oxygen atoms in total. The summed E-state index contributed by atoms with van der Waals surface area (Å²) in [4.78, 5) is 18.0. The molecule has 0 spiro atoms. The molecular formula is C19H21N5OS. The van der Waals surface area contributed by atoms with E-state index < -0.39 is 0 Å². The third kappa shape index (κ3) is 4.00. The third-order valence-corrected chi connectivity index (χ3v) is 5.66. The van der Waals surface area contributed by atoms with Crippen molar-refractivity contribution in [3.63, 3.8) is 0 Å². The first-order valence-corrected chi connectivity index (χ1v) is 9.65. The molecule has 1 saturated heterocycles. The van der Waals surface area contributed by atoms with Gasteiger partial charge in [0.05, 0.1) is 12.1 Å². The monoisotopic (exact) mass is 367 g/mol. The summed E-state index contributed by atoms with van der Waals surface area (Å²) < 4.78 is 1.79. The van der Waals surface area contributed by atoms with Crippen LogP contribution in [0.2, 0.25) is 0 Å². The van der Waals surface area contributed by atoms with Crippen molar-refractivity contribution in [3.05, 3.63) is 59.4 Å². The van der Waals surface area contributed by atoms with Gasteiger partial charge < -0.3 is 10.6 Å². The topological polar surface area (TPSA) is 71.8 Å². The Kier molecular flexibility index (Phi) is 5.08. The second-order valence-corrected chi connectivity index (χ2v) is 7.50. The van der Waals surface area contributed by atoms with Crippen molar-refractivity contribution in [2.24, 2.45) is 0 Å².